The smallest absolute Gasteiger partial charge is 0.329 e. The van der Waals surface area contributed by atoms with Gasteiger partial charge < -0.3 is 9.64 Å². The average molecular weight is 175 g/mol. The van der Waals surface area contributed by atoms with Crippen LogP contribution >= 0.6 is 0 Å². The van der Waals surface area contributed by atoms with Gasteiger partial charge in [0.1, 0.15) is 0 Å². The molecule has 0 aromatic heterocycles. The van der Waals surface area contributed by atoms with Crippen LogP contribution in [0.2, 0.25) is 0 Å². The van der Waals surface area contributed by atoms with Gasteiger partial charge in [-0.25, -0.2) is 4.79 Å². The van der Waals surface area contributed by atoms with Crippen molar-refractivity contribution in [2.75, 3.05) is 28.3 Å². The van der Waals surface area contributed by atoms with E-state index in [0.29, 0.717) is 0 Å². The summed E-state index contributed by atoms with van der Waals surface area (Å²) in [5.41, 5.74) is 0. The van der Waals surface area contributed by atoms with E-state index in [-0.39, 0.29) is 0 Å². The minimum atomic E-state index is -0.394. The quantitative estimate of drug-likeness (QED) is 0.447. The second-order valence-corrected chi connectivity index (χ2v) is 2.07. The van der Waals surface area contributed by atoms with Gasteiger partial charge in [-0.1, -0.05) is 20.4 Å². The molecule has 3 nitrogen and oxygen atoms in total. The van der Waals surface area contributed by atoms with Crippen LogP contribution < -0.4 is 0 Å². The van der Waals surface area contributed by atoms with Crippen molar-refractivity contribution >= 4 is 5.97 Å². The molecule has 0 aliphatic carbocycles. The van der Waals surface area contributed by atoms with Crippen molar-refractivity contribution < 1.29 is 9.53 Å². The van der Waals surface area contributed by atoms with E-state index in [1.165, 1.54) is 7.11 Å². The number of methoxy groups -OCH3 is 1. The molecule has 12 heavy (non-hydrogen) atoms. The third-order valence-electron chi connectivity index (χ3n) is 0.368. The Morgan fingerprint density at radius 3 is 1.58 bits per heavy atom. The highest BCUT2D eigenvalue weighted by Gasteiger charge is 1.81. The molecule has 0 amide bonds. The van der Waals surface area contributed by atoms with Gasteiger partial charge in [0.15, 0.2) is 0 Å². The number of ether oxygens (including phenoxy) is 1. The molecular weight excluding hydrogens is 154 g/mol. The van der Waals surface area contributed by atoms with Crippen LogP contribution in [-0.2, 0) is 9.53 Å². The molecule has 3 heteroatoms. The van der Waals surface area contributed by atoms with Crippen LogP contribution in [0.25, 0.3) is 0 Å². The first kappa shape index (κ1) is 17.3. The molecule has 0 rings (SSSR count). The molecule has 0 aromatic rings. The third kappa shape index (κ3) is 60.9. The molecule has 0 saturated carbocycles. The summed E-state index contributed by atoms with van der Waals surface area (Å²) >= 11 is 0. The zero-order valence-corrected chi connectivity index (χ0v) is 9.05. The van der Waals surface area contributed by atoms with Gasteiger partial charge in [-0.15, -0.1) is 0 Å². The largest absolute Gasteiger partial charge is 0.466 e. The molecule has 74 valence electrons. The minimum Gasteiger partial charge on any atom is -0.466 e. The van der Waals surface area contributed by atoms with Gasteiger partial charge in [0.05, 0.1) is 7.11 Å². The molecule has 0 saturated heterocycles. The zero-order valence-electron chi connectivity index (χ0n) is 9.05. The molecule has 0 aromatic carbocycles. The summed E-state index contributed by atoms with van der Waals surface area (Å²) in [4.78, 5) is 11.8. The van der Waals surface area contributed by atoms with Crippen LogP contribution in [0.1, 0.15) is 13.8 Å². The molecule has 0 aliphatic rings. The Kier molecular flexibility index (Phi) is 24.0. The molecule has 0 atom stereocenters. The molecule has 0 radical (unpaired) electrons. The van der Waals surface area contributed by atoms with Gasteiger partial charge in [0, 0.05) is 6.08 Å². The first-order valence-electron chi connectivity index (χ1n) is 3.86. The van der Waals surface area contributed by atoms with Gasteiger partial charge in [-0.3, -0.25) is 0 Å². The minimum absolute atomic E-state index is 0.394. The van der Waals surface area contributed by atoms with Crippen LogP contribution in [0.4, 0.5) is 0 Å². The van der Waals surface area contributed by atoms with Crippen molar-refractivity contribution in [3.63, 3.8) is 0 Å². The normalized spacial score (nSPS) is 6.92. The lowest BCUT2D eigenvalue weighted by atomic mass is 10.7. The molecular formula is C9H21NO2. The lowest BCUT2D eigenvalue weighted by Gasteiger charge is -1.90. The fourth-order valence-corrected chi connectivity index (χ4v) is 0.0833. The van der Waals surface area contributed by atoms with Crippen LogP contribution in [0.3, 0.4) is 0 Å². The number of hydrogen-bond acceptors (Lipinski definition) is 3. The first-order chi connectivity index (χ1) is 5.54. The van der Waals surface area contributed by atoms with E-state index in [4.69, 9.17) is 0 Å². The first-order valence-corrected chi connectivity index (χ1v) is 3.86. The SMILES string of the molecule is C=CC(=O)OC.CC.CN(C)C. The van der Waals surface area contributed by atoms with E-state index >= 15 is 0 Å². The highest BCUT2D eigenvalue weighted by atomic mass is 16.5. The standard InChI is InChI=1S/C4H6O2.C3H9N.C2H6/c1-3-4(5)6-2;1-4(2)3;1-2/h3H,1H2,2H3;1-3H3;1-2H3. The van der Waals surface area contributed by atoms with E-state index < -0.39 is 5.97 Å². The van der Waals surface area contributed by atoms with E-state index in [1.807, 2.05) is 39.9 Å². The second-order valence-electron chi connectivity index (χ2n) is 2.07. The maximum absolute atomic E-state index is 9.84. The monoisotopic (exact) mass is 175 g/mol. The molecule has 0 fully saturated rings. The van der Waals surface area contributed by atoms with Crippen LogP contribution in [0.15, 0.2) is 12.7 Å². The van der Waals surface area contributed by atoms with Crippen LogP contribution in [-0.4, -0.2) is 39.1 Å². The van der Waals surface area contributed by atoms with Crippen LogP contribution in [0.5, 0.6) is 0 Å². The van der Waals surface area contributed by atoms with Crippen molar-refractivity contribution in [1.82, 2.24) is 4.90 Å². The summed E-state index contributed by atoms with van der Waals surface area (Å²) in [7, 11) is 7.31. The molecule has 0 bridgehead atoms. The summed E-state index contributed by atoms with van der Waals surface area (Å²) in [5, 5.41) is 0. The molecule has 0 spiro atoms. The Bertz CT molecular complexity index is 97.9. The Balaban J connectivity index is -0.000000118. The number of hydrogen-bond donors (Lipinski definition) is 0. The maximum atomic E-state index is 9.84. The molecule has 0 N–H and O–H groups in total. The fraction of sp³-hybridized carbons (Fsp3) is 0.667. The molecule has 0 unspecified atom stereocenters. The number of esters is 1. The van der Waals surface area contributed by atoms with Gasteiger partial charge in [-0.05, 0) is 21.1 Å². The summed E-state index contributed by atoms with van der Waals surface area (Å²) in [6.45, 7) is 7.16. The summed E-state index contributed by atoms with van der Waals surface area (Å²) in [6.07, 6.45) is 1.11. The molecule has 0 heterocycles. The van der Waals surface area contributed by atoms with E-state index in [1.54, 1.807) is 0 Å². The topological polar surface area (TPSA) is 29.5 Å². The van der Waals surface area contributed by atoms with Crippen molar-refractivity contribution in [3.05, 3.63) is 12.7 Å². The highest BCUT2D eigenvalue weighted by molar-refractivity contribution is 5.80. The predicted octanol–water partition coefficient (Wildman–Crippen LogP) is 1.55. The number of nitrogens with zero attached hydrogens (tertiary/aromatic N) is 1. The third-order valence-corrected chi connectivity index (χ3v) is 0.368. The van der Waals surface area contributed by atoms with Crippen molar-refractivity contribution in [3.8, 4) is 0 Å². The van der Waals surface area contributed by atoms with Gasteiger partial charge in [-0.2, -0.15) is 0 Å². The predicted molar refractivity (Wildman–Crippen MR) is 53.2 cm³/mol. The van der Waals surface area contributed by atoms with Gasteiger partial charge >= 0.3 is 5.97 Å². The number of rotatable bonds is 1. The van der Waals surface area contributed by atoms with Crippen molar-refractivity contribution in [2.45, 2.75) is 13.8 Å². The summed E-state index contributed by atoms with van der Waals surface area (Å²) in [5.74, 6) is -0.394. The Hall–Kier alpha value is -0.830. The zero-order chi connectivity index (χ0) is 10.6. The van der Waals surface area contributed by atoms with Crippen molar-refractivity contribution in [2.24, 2.45) is 0 Å². The summed E-state index contributed by atoms with van der Waals surface area (Å²) < 4.78 is 4.14. The van der Waals surface area contributed by atoms with Crippen LogP contribution in [0, 0.1) is 0 Å². The average Bonchev–Trinajstić information content (AvgIpc) is 2.06. The number of carbonyl (C=O) groups excluding carboxylic acids is 1. The summed E-state index contributed by atoms with van der Waals surface area (Å²) in [6, 6.07) is 0. The maximum Gasteiger partial charge on any atom is 0.329 e. The van der Waals surface area contributed by atoms with Gasteiger partial charge in [0.2, 0.25) is 0 Å². The van der Waals surface area contributed by atoms with E-state index in [2.05, 4.69) is 11.3 Å². The fourth-order valence-electron chi connectivity index (χ4n) is 0.0833. The van der Waals surface area contributed by atoms with Gasteiger partial charge in [0.25, 0.3) is 0 Å². The lowest BCUT2D eigenvalue weighted by molar-refractivity contribution is -0.134. The second kappa shape index (κ2) is 16.6. The van der Waals surface area contributed by atoms with Crippen molar-refractivity contribution in [1.29, 1.82) is 0 Å². The Morgan fingerprint density at radius 1 is 1.33 bits per heavy atom. The Morgan fingerprint density at radius 2 is 1.58 bits per heavy atom. The van der Waals surface area contributed by atoms with E-state index in [9.17, 15) is 4.79 Å². The van der Waals surface area contributed by atoms with E-state index in [0.717, 1.165) is 6.08 Å². The highest BCUT2D eigenvalue weighted by Crippen LogP contribution is 1.67. The number of carbonyl (C=O) groups is 1. The molecule has 0 aliphatic heterocycles. The Labute approximate surface area is 76.0 Å². The lowest BCUT2D eigenvalue weighted by Crippen LogP contribution is -1.99.